The van der Waals surface area contributed by atoms with Crippen molar-refractivity contribution in [1.29, 1.82) is 0 Å². The lowest BCUT2D eigenvalue weighted by atomic mass is 10.2. The van der Waals surface area contributed by atoms with E-state index in [4.69, 9.17) is 34.8 Å². The Labute approximate surface area is 144 Å². The molecule has 0 saturated carbocycles. The van der Waals surface area contributed by atoms with Crippen LogP contribution in [0.15, 0.2) is 72.8 Å². The predicted octanol–water partition coefficient (Wildman–Crippen LogP) is 7.08. The highest BCUT2D eigenvalue weighted by Crippen LogP contribution is 2.35. The Hall–Kier alpha value is -1.51. The standard InChI is InChI=1S/C18H12Cl3N/c19-13-1-7-16(8-2-13)22(17-9-3-14(20)4-10-17)18-11-5-15(21)6-12-18/h1-12H/q+1. The van der Waals surface area contributed by atoms with Crippen LogP contribution in [0.5, 0.6) is 0 Å². The highest BCUT2D eigenvalue weighted by atomic mass is 35.5. The van der Waals surface area contributed by atoms with Crippen molar-refractivity contribution >= 4 is 51.9 Å². The largest absolute Gasteiger partial charge is 0.192 e. The first kappa shape index (κ1) is 15.4. The van der Waals surface area contributed by atoms with Gasteiger partial charge in [-0.2, -0.15) is 0 Å². The molecular formula is C18H12Cl3N+. The maximum absolute atomic E-state index is 6.00. The van der Waals surface area contributed by atoms with Crippen molar-refractivity contribution in [2.24, 2.45) is 0 Å². The Morgan fingerprint density at radius 2 is 0.636 bits per heavy atom. The molecule has 3 rings (SSSR count). The second-order valence-corrected chi connectivity index (χ2v) is 6.07. The average molecular weight is 349 g/mol. The summed E-state index contributed by atoms with van der Waals surface area (Å²) in [5.74, 6) is 0. The van der Waals surface area contributed by atoms with E-state index in [1.54, 1.807) is 0 Å². The summed E-state index contributed by atoms with van der Waals surface area (Å²) in [5.41, 5.74) is 3.03. The zero-order valence-electron chi connectivity index (χ0n) is 11.5. The summed E-state index contributed by atoms with van der Waals surface area (Å²) in [6.45, 7) is 0. The van der Waals surface area contributed by atoms with Gasteiger partial charge in [-0.1, -0.05) is 39.7 Å². The third kappa shape index (κ3) is 3.45. The fraction of sp³-hybridized carbons (Fsp3) is 0. The molecule has 0 spiro atoms. The molecule has 0 N–H and O–H groups in total. The van der Waals surface area contributed by atoms with Crippen molar-refractivity contribution in [3.8, 4) is 0 Å². The number of benzene rings is 3. The molecule has 0 fully saturated rings. The molecule has 1 nitrogen and oxygen atoms in total. The van der Waals surface area contributed by atoms with Crippen molar-refractivity contribution in [2.75, 3.05) is 0 Å². The SMILES string of the molecule is Clc1ccc([N+](c2ccc(Cl)cc2)c2ccc(Cl)cc2)cc1. The number of rotatable bonds is 3. The Balaban J connectivity index is 2.10. The Morgan fingerprint density at radius 1 is 0.409 bits per heavy atom. The van der Waals surface area contributed by atoms with Gasteiger partial charge in [-0.3, -0.25) is 0 Å². The molecule has 22 heavy (non-hydrogen) atoms. The van der Waals surface area contributed by atoms with E-state index in [2.05, 4.69) is 4.90 Å². The van der Waals surface area contributed by atoms with E-state index in [9.17, 15) is 0 Å². The molecule has 0 atom stereocenters. The summed E-state index contributed by atoms with van der Waals surface area (Å²) < 4.78 is 0. The topological polar surface area (TPSA) is 5.90 Å². The van der Waals surface area contributed by atoms with Crippen molar-refractivity contribution in [1.82, 2.24) is 4.90 Å². The molecule has 0 aliphatic carbocycles. The fourth-order valence-electron chi connectivity index (χ4n) is 2.22. The first-order chi connectivity index (χ1) is 10.6. The van der Waals surface area contributed by atoms with E-state index >= 15 is 0 Å². The highest BCUT2D eigenvalue weighted by molar-refractivity contribution is 6.31. The van der Waals surface area contributed by atoms with Crippen molar-refractivity contribution < 1.29 is 0 Å². The van der Waals surface area contributed by atoms with E-state index < -0.39 is 0 Å². The van der Waals surface area contributed by atoms with E-state index in [-0.39, 0.29) is 0 Å². The monoisotopic (exact) mass is 347 g/mol. The Kier molecular flexibility index (Phi) is 4.70. The van der Waals surface area contributed by atoms with Crippen LogP contribution >= 0.6 is 34.8 Å². The van der Waals surface area contributed by atoms with Gasteiger partial charge in [0, 0.05) is 51.5 Å². The fourth-order valence-corrected chi connectivity index (χ4v) is 2.60. The van der Waals surface area contributed by atoms with E-state index in [0.29, 0.717) is 15.1 Å². The molecule has 0 unspecified atom stereocenters. The second kappa shape index (κ2) is 6.72. The van der Waals surface area contributed by atoms with Gasteiger partial charge in [-0.15, -0.1) is 0 Å². The van der Waals surface area contributed by atoms with Crippen molar-refractivity contribution in [3.05, 3.63) is 87.9 Å². The molecule has 4 heteroatoms. The van der Waals surface area contributed by atoms with Gasteiger partial charge in [-0.05, 0) is 36.4 Å². The van der Waals surface area contributed by atoms with Gasteiger partial charge in [0.1, 0.15) is 0 Å². The summed E-state index contributed by atoms with van der Waals surface area (Å²) >= 11 is 18.0. The van der Waals surface area contributed by atoms with Crippen LogP contribution in [0.25, 0.3) is 0 Å². The molecule has 0 amide bonds. The van der Waals surface area contributed by atoms with Gasteiger partial charge in [0.05, 0.1) is 0 Å². The number of nitrogens with zero attached hydrogens (tertiary/aromatic N) is 1. The second-order valence-electron chi connectivity index (χ2n) is 4.76. The third-order valence-electron chi connectivity index (χ3n) is 3.25. The smallest absolute Gasteiger partial charge is 0.0843 e. The van der Waals surface area contributed by atoms with Crippen molar-refractivity contribution in [2.45, 2.75) is 0 Å². The maximum atomic E-state index is 6.00. The summed E-state index contributed by atoms with van der Waals surface area (Å²) in [4.78, 5) is 2.11. The van der Waals surface area contributed by atoms with Crippen LogP contribution in [-0.2, 0) is 0 Å². The zero-order valence-corrected chi connectivity index (χ0v) is 13.8. The van der Waals surface area contributed by atoms with Crippen LogP contribution in [0.3, 0.4) is 0 Å². The molecule has 0 aromatic heterocycles. The molecule has 0 saturated heterocycles. The summed E-state index contributed by atoms with van der Waals surface area (Å²) in [7, 11) is 0. The molecule has 0 aliphatic heterocycles. The van der Waals surface area contributed by atoms with Crippen LogP contribution < -0.4 is 4.90 Å². The molecule has 3 aromatic rings. The lowest BCUT2D eigenvalue weighted by molar-refractivity contribution is 0.931. The number of hydrogen-bond donors (Lipinski definition) is 0. The van der Waals surface area contributed by atoms with E-state index in [0.717, 1.165) is 17.1 Å². The lowest BCUT2D eigenvalue weighted by Gasteiger charge is -2.11. The zero-order chi connectivity index (χ0) is 15.5. The van der Waals surface area contributed by atoms with Crippen molar-refractivity contribution in [3.63, 3.8) is 0 Å². The molecule has 109 valence electrons. The van der Waals surface area contributed by atoms with Crippen LogP contribution in [0.1, 0.15) is 0 Å². The quantitative estimate of drug-likeness (QED) is 0.446. The minimum absolute atomic E-state index is 0.705. The molecule has 1 radical (unpaired) electrons. The average Bonchev–Trinajstić information content (AvgIpc) is 2.53. The number of anilines is 3. The van der Waals surface area contributed by atoms with Gasteiger partial charge >= 0.3 is 0 Å². The van der Waals surface area contributed by atoms with Gasteiger partial charge < -0.3 is 0 Å². The molecular weight excluding hydrogens is 337 g/mol. The summed E-state index contributed by atoms with van der Waals surface area (Å²) in [6.07, 6.45) is 0. The van der Waals surface area contributed by atoms with Gasteiger partial charge in [0.25, 0.3) is 0 Å². The minimum atomic E-state index is 0.705. The van der Waals surface area contributed by atoms with Crippen LogP contribution in [-0.4, -0.2) is 0 Å². The summed E-state index contributed by atoms with van der Waals surface area (Å²) in [5, 5.41) is 2.11. The Bertz CT molecular complexity index is 642. The number of hydrogen-bond acceptors (Lipinski definition) is 1. The lowest BCUT2D eigenvalue weighted by Crippen LogP contribution is -2.10. The molecule has 0 aliphatic rings. The van der Waals surface area contributed by atoms with Gasteiger partial charge in [0.2, 0.25) is 0 Å². The van der Waals surface area contributed by atoms with E-state index in [1.165, 1.54) is 0 Å². The van der Waals surface area contributed by atoms with Gasteiger partial charge in [-0.25, -0.2) is 0 Å². The van der Waals surface area contributed by atoms with Crippen LogP contribution in [0.2, 0.25) is 15.1 Å². The van der Waals surface area contributed by atoms with Crippen LogP contribution in [0, 0.1) is 0 Å². The molecule has 0 bridgehead atoms. The first-order valence-electron chi connectivity index (χ1n) is 6.70. The Morgan fingerprint density at radius 3 is 0.864 bits per heavy atom. The molecule has 0 heterocycles. The first-order valence-corrected chi connectivity index (χ1v) is 7.84. The highest BCUT2D eigenvalue weighted by Gasteiger charge is 2.25. The predicted molar refractivity (Wildman–Crippen MR) is 95.5 cm³/mol. The molecule has 3 aromatic carbocycles. The van der Waals surface area contributed by atoms with E-state index in [1.807, 2.05) is 72.8 Å². The number of halogens is 3. The minimum Gasteiger partial charge on any atom is -0.0843 e. The summed E-state index contributed by atoms with van der Waals surface area (Å²) in [6, 6.07) is 23.1. The maximum Gasteiger partial charge on any atom is 0.192 e. The van der Waals surface area contributed by atoms with Crippen LogP contribution in [0.4, 0.5) is 17.1 Å². The van der Waals surface area contributed by atoms with Gasteiger partial charge in [0.15, 0.2) is 17.1 Å². The normalized spacial score (nSPS) is 10.9. The third-order valence-corrected chi connectivity index (χ3v) is 4.01.